The van der Waals surface area contributed by atoms with Crippen molar-refractivity contribution in [1.29, 1.82) is 0 Å². The van der Waals surface area contributed by atoms with E-state index >= 15 is 0 Å². The fraction of sp³-hybridized carbons (Fsp3) is 0.600. The first kappa shape index (κ1) is 17.0. The number of nitrogens with one attached hydrogen (secondary N) is 1. The minimum atomic E-state index is -2.85. The molecule has 0 amide bonds. The fourth-order valence-corrected chi connectivity index (χ4v) is 3.30. The van der Waals surface area contributed by atoms with Crippen molar-refractivity contribution < 1.29 is 8.42 Å². The van der Waals surface area contributed by atoms with Gasteiger partial charge in [-0.3, -0.25) is 0 Å². The average Bonchev–Trinajstić information content (AvgIpc) is 2.43. The molecule has 5 heteroatoms. The smallest absolute Gasteiger partial charge is 0.151 e. The van der Waals surface area contributed by atoms with E-state index in [1.54, 1.807) is 0 Å². The topological polar surface area (TPSA) is 49.4 Å². The SMILES string of the molecule is CCCS(=O)(=O)CCNCCCN(C)c1ccccc1. The summed E-state index contributed by atoms with van der Waals surface area (Å²) in [5.41, 5.74) is 1.21. The van der Waals surface area contributed by atoms with Gasteiger partial charge in [0.1, 0.15) is 0 Å². The Morgan fingerprint density at radius 1 is 1.10 bits per heavy atom. The van der Waals surface area contributed by atoms with Crippen LogP contribution in [0.2, 0.25) is 0 Å². The van der Waals surface area contributed by atoms with Crippen LogP contribution in [-0.4, -0.2) is 46.6 Å². The molecule has 20 heavy (non-hydrogen) atoms. The predicted molar refractivity (Wildman–Crippen MR) is 86.1 cm³/mol. The molecule has 114 valence electrons. The molecule has 0 bridgehead atoms. The molecule has 0 spiro atoms. The van der Waals surface area contributed by atoms with Gasteiger partial charge in [-0.2, -0.15) is 0 Å². The van der Waals surface area contributed by atoms with Crippen molar-refractivity contribution in [2.24, 2.45) is 0 Å². The zero-order chi connectivity index (χ0) is 14.8. The van der Waals surface area contributed by atoms with E-state index in [1.807, 2.05) is 25.1 Å². The lowest BCUT2D eigenvalue weighted by atomic mass is 10.3. The van der Waals surface area contributed by atoms with Crippen molar-refractivity contribution in [1.82, 2.24) is 5.32 Å². The minimum Gasteiger partial charge on any atom is -0.375 e. The average molecular weight is 298 g/mol. The maximum atomic E-state index is 11.5. The van der Waals surface area contributed by atoms with Crippen LogP contribution in [0.1, 0.15) is 19.8 Å². The summed E-state index contributed by atoms with van der Waals surface area (Å²) in [5, 5.41) is 3.20. The van der Waals surface area contributed by atoms with Crippen molar-refractivity contribution in [3.05, 3.63) is 30.3 Å². The van der Waals surface area contributed by atoms with Crippen LogP contribution in [0.25, 0.3) is 0 Å². The predicted octanol–water partition coefficient (Wildman–Crippen LogP) is 1.93. The van der Waals surface area contributed by atoms with Crippen molar-refractivity contribution in [3.63, 3.8) is 0 Å². The number of para-hydroxylation sites is 1. The van der Waals surface area contributed by atoms with Gasteiger partial charge in [0.25, 0.3) is 0 Å². The van der Waals surface area contributed by atoms with E-state index in [0.29, 0.717) is 18.7 Å². The Morgan fingerprint density at radius 3 is 2.45 bits per heavy atom. The Bertz CT molecular complexity index is 460. The molecule has 1 N–H and O–H groups in total. The van der Waals surface area contributed by atoms with Gasteiger partial charge in [-0.05, 0) is 31.5 Å². The zero-order valence-electron chi connectivity index (χ0n) is 12.5. The monoisotopic (exact) mass is 298 g/mol. The summed E-state index contributed by atoms with van der Waals surface area (Å²) in [5.74, 6) is 0.542. The van der Waals surface area contributed by atoms with Crippen LogP contribution < -0.4 is 10.2 Å². The fourth-order valence-electron chi connectivity index (χ4n) is 2.02. The molecule has 0 fully saturated rings. The lowest BCUT2D eigenvalue weighted by molar-refractivity contribution is 0.587. The van der Waals surface area contributed by atoms with E-state index in [1.165, 1.54) is 5.69 Å². The Morgan fingerprint density at radius 2 is 1.80 bits per heavy atom. The van der Waals surface area contributed by atoms with Gasteiger partial charge in [0.05, 0.1) is 5.75 Å². The highest BCUT2D eigenvalue weighted by molar-refractivity contribution is 7.91. The second kappa shape index (κ2) is 8.97. The molecule has 0 unspecified atom stereocenters. The van der Waals surface area contributed by atoms with Crippen LogP contribution >= 0.6 is 0 Å². The molecule has 0 atom stereocenters. The van der Waals surface area contributed by atoms with Gasteiger partial charge in [-0.25, -0.2) is 8.42 Å². The second-order valence-corrected chi connectivity index (χ2v) is 7.32. The number of anilines is 1. The molecule has 4 nitrogen and oxygen atoms in total. The summed E-state index contributed by atoms with van der Waals surface area (Å²) < 4.78 is 23.0. The number of nitrogens with zero attached hydrogens (tertiary/aromatic N) is 1. The second-order valence-electron chi connectivity index (χ2n) is 5.01. The molecule has 0 aromatic heterocycles. The third-order valence-corrected chi connectivity index (χ3v) is 5.01. The van der Waals surface area contributed by atoms with E-state index in [0.717, 1.165) is 19.5 Å². The molecule has 0 aliphatic rings. The summed E-state index contributed by atoms with van der Waals surface area (Å²) in [7, 11) is -0.781. The Hall–Kier alpha value is -1.07. The standard InChI is InChI=1S/C15H26N2O2S/c1-3-13-20(18,19)14-11-16-10-7-12-17(2)15-8-5-4-6-9-15/h4-6,8-9,16H,3,7,10-14H2,1-2H3. The number of rotatable bonds is 10. The normalized spacial score (nSPS) is 11.5. The lowest BCUT2D eigenvalue weighted by Gasteiger charge is -2.19. The first-order chi connectivity index (χ1) is 9.55. The molecule has 0 aliphatic carbocycles. The number of benzene rings is 1. The molecule has 0 saturated carbocycles. The maximum Gasteiger partial charge on any atom is 0.151 e. The Balaban J connectivity index is 2.11. The molecule has 0 aliphatic heterocycles. The summed E-state index contributed by atoms with van der Waals surface area (Å²) >= 11 is 0. The molecule has 0 saturated heterocycles. The highest BCUT2D eigenvalue weighted by atomic mass is 32.2. The van der Waals surface area contributed by atoms with Gasteiger partial charge in [0, 0.05) is 31.6 Å². The molecule has 1 rings (SSSR count). The van der Waals surface area contributed by atoms with E-state index in [4.69, 9.17) is 0 Å². The molecule has 0 heterocycles. The molecular formula is C15H26N2O2S. The Kier molecular flexibility index (Phi) is 7.62. The van der Waals surface area contributed by atoms with E-state index in [2.05, 4.69) is 29.4 Å². The van der Waals surface area contributed by atoms with Crippen LogP contribution in [0.3, 0.4) is 0 Å². The zero-order valence-corrected chi connectivity index (χ0v) is 13.3. The highest BCUT2D eigenvalue weighted by Crippen LogP contribution is 2.10. The largest absolute Gasteiger partial charge is 0.375 e. The molecule has 1 aromatic rings. The highest BCUT2D eigenvalue weighted by Gasteiger charge is 2.07. The van der Waals surface area contributed by atoms with Gasteiger partial charge in [0.2, 0.25) is 0 Å². The lowest BCUT2D eigenvalue weighted by Crippen LogP contribution is -2.28. The van der Waals surface area contributed by atoms with Gasteiger partial charge in [0.15, 0.2) is 9.84 Å². The van der Waals surface area contributed by atoms with Gasteiger partial charge in [-0.15, -0.1) is 0 Å². The van der Waals surface area contributed by atoms with E-state index in [-0.39, 0.29) is 5.75 Å². The van der Waals surface area contributed by atoms with Gasteiger partial charge in [-0.1, -0.05) is 25.1 Å². The van der Waals surface area contributed by atoms with Crippen molar-refractivity contribution >= 4 is 15.5 Å². The van der Waals surface area contributed by atoms with Gasteiger partial charge >= 0.3 is 0 Å². The molecular weight excluding hydrogens is 272 g/mol. The third-order valence-electron chi connectivity index (χ3n) is 3.15. The number of hydrogen-bond donors (Lipinski definition) is 1. The molecule has 0 radical (unpaired) electrons. The maximum absolute atomic E-state index is 11.5. The van der Waals surface area contributed by atoms with Crippen molar-refractivity contribution in [3.8, 4) is 0 Å². The van der Waals surface area contributed by atoms with Crippen LogP contribution in [-0.2, 0) is 9.84 Å². The van der Waals surface area contributed by atoms with Crippen molar-refractivity contribution in [2.75, 3.05) is 43.1 Å². The quantitative estimate of drug-likeness (QED) is 0.671. The van der Waals surface area contributed by atoms with Crippen molar-refractivity contribution in [2.45, 2.75) is 19.8 Å². The van der Waals surface area contributed by atoms with Crippen LogP contribution in [0.4, 0.5) is 5.69 Å². The number of sulfone groups is 1. The summed E-state index contributed by atoms with van der Waals surface area (Å²) in [6.45, 7) is 4.25. The third kappa shape index (κ3) is 6.91. The van der Waals surface area contributed by atoms with E-state index < -0.39 is 9.84 Å². The van der Waals surface area contributed by atoms with Gasteiger partial charge < -0.3 is 10.2 Å². The van der Waals surface area contributed by atoms with Crippen LogP contribution in [0, 0.1) is 0 Å². The summed E-state index contributed by atoms with van der Waals surface area (Å²) in [6.07, 6.45) is 1.70. The molecule has 1 aromatic carbocycles. The summed E-state index contributed by atoms with van der Waals surface area (Å²) in [6, 6.07) is 10.2. The first-order valence-electron chi connectivity index (χ1n) is 7.22. The number of hydrogen-bond acceptors (Lipinski definition) is 4. The Labute approximate surface area is 123 Å². The summed E-state index contributed by atoms with van der Waals surface area (Å²) in [4.78, 5) is 2.20. The van der Waals surface area contributed by atoms with E-state index in [9.17, 15) is 8.42 Å². The minimum absolute atomic E-state index is 0.245. The first-order valence-corrected chi connectivity index (χ1v) is 9.04. The van der Waals surface area contributed by atoms with Crippen LogP contribution in [0.5, 0.6) is 0 Å². The van der Waals surface area contributed by atoms with Crippen LogP contribution in [0.15, 0.2) is 30.3 Å².